The second-order valence-electron chi connectivity index (χ2n) is 4.68. The van der Waals surface area contributed by atoms with Crippen molar-refractivity contribution >= 4 is 23.4 Å². The average molecular weight is 298 g/mol. The molecule has 0 fully saturated rings. The lowest BCUT2D eigenvalue weighted by Gasteiger charge is -2.12. The number of methoxy groups -OCH3 is 1. The molecule has 0 amide bonds. The van der Waals surface area contributed by atoms with E-state index in [0.29, 0.717) is 17.7 Å². The van der Waals surface area contributed by atoms with E-state index in [1.54, 1.807) is 7.11 Å². The highest BCUT2D eigenvalue weighted by Crippen LogP contribution is 2.14. The number of nitrogens with one attached hydrogen (secondary N) is 2. The van der Waals surface area contributed by atoms with Crippen molar-refractivity contribution in [2.24, 2.45) is 0 Å². The molecule has 1 heterocycles. The van der Waals surface area contributed by atoms with Gasteiger partial charge >= 0.3 is 0 Å². The molecule has 0 aliphatic heterocycles. The molecule has 0 aliphatic rings. The van der Waals surface area contributed by atoms with Gasteiger partial charge in [-0.1, -0.05) is 13.8 Å². The average Bonchev–Trinajstić information content (AvgIpc) is 2.45. The number of anilines is 2. The van der Waals surface area contributed by atoms with Crippen molar-refractivity contribution in [3.63, 3.8) is 0 Å². The van der Waals surface area contributed by atoms with Crippen LogP contribution < -0.4 is 10.6 Å². The number of nitrogens with zero attached hydrogens (tertiary/aromatic N) is 2. The molecule has 0 saturated heterocycles. The number of rotatable bonds is 10. The van der Waals surface area contributed by atoms with Crippen molar-refractivity contribution in [2.45, 2.75) is 38.5 Å². The molecule has 6 heteroatoms. The number of aromatic nitrogens is 2. The van der Waals surface area contributed by atoms with Gasteiger partial charge in [0.05, 0.1) is 0 Å². The monoisotopic (exact) mass is 298 g/mol. The molecule has 0 spiro atoms. The Bertz CT molecular complexity index is 389. The maximum atomic E-state index is 5.12. The Morgan fingerprint density at radius 2 is 1.90 bits per heavy atom. The Hall–Kier alpha value is -1.01. The number of ether oxygens (including phenoxy) is 1. The van der Waals surface area contributed by atoms with Crippen LogP contribution in [0.3, 0.4) is 0 Å². The molecule has 5 nitrogen and oxygen atoms in total. The van der Waals surface area contributed by atoms with Gasteiger partial charge in [-0.2, -0.15) is 11.8 Å². The molecule has 1 aromatic heterocycles. The predicted octanol–water partition coefficient (Wildman–Crippen LogP) is 3.00. The Balaban J connectivity index is 2.64. The number of thioether (sulfide) groups is 1. The molecule has 1 unspecified atom stereocenters. The molecular weight excluding hydrogens is 272 g/mol. The normalized spacial score (nSPS) is 12.2. The van der Waals surface area contributed by atoms with Crippen molar-refractivity contribution in [3.05, 3.63) is 11.9 Å². The Kier molecular flexibility index (Phi) is 8.37. The molecule has 20 heavy (non-hydrogen) atoms. The minimum atomic E-state index is 0.428. The molecule has 0 bridgehead atoms. The summed E-state index contributed by atoms with van der Waals surface area (Å²) in [6, 6.07) is 1.96. The molecule has 0 aliphatic carbocycles. The predicted molar refractivity (Wildman–Crippen MR) is 87.6 cm³/mol. The lowest BCUT2D eigenvalue weighted by molar-refractivity contribution is 0.178. The van der Waals surface area contributed by atoms with Gasteiger partial charge in [0.1, 0.15) is 18.2 Å². The van der Waals surface area contributed by atoms with Crippen LogP contribution in [0, 0.1) is 0 Å². The van der Waals surface area contributed by atoms with Crippen molar-refractivity contribution in [3.8, 4) is 0 Å². The summed E-state index contributed by atoms with van der Waals surface area (Å²) in [6.07, 6.45) is 4.32. The van der Waals surface area contributed by atoms with Crippen molar-refractivity contribution in [1.82, 2.24) is 9.97 Å². The first-order valence-corrected chi connectivity index (χ1v) is 8.35. The van der Waals surface area contributed by atoms with Gasteiger partial charge < -0.3 is 15.4 Å². The highest BCUT2D eigenvalue weighted by Gasteiger charge is 2.05. The van der Waals surface area contributed by atoms with Crippen LogP contribution in [0.2, 0.25) is 0 Å². The van der Waals surface area contributed by atoms with E-state index in [4.69, 9.17) is 4.74 Å². The maximum absolute atomic E-state index is 5.12. The largest absolute Gasteiger partial charge is 0.377 e. The molecule has 0 radical (unpaired) electrons. The summed E-state index contributed by atoms with van der Waals surface area (Å²) >= 11 is 1.88. The molecule has 2 N–H and O–H groups in total. The Labute approximate surface area is 126 Å². The summed E-state index contributed by atoms with van der Waals surface area (Å²) in [5.41, 5.74) is 0. The summed E-state index contributed by atoms with van der Waals surface area (Å²) in [5.74, 6) is 2.42. The van der Waals surface area contributed by atoms with Crippen LogP contribution in [0.25, 0.3) is 0 Å². The van der Waals surface area contributed by atoms with Gasteiger partial charge in [-0.15, -0.1) is 0 Å². The smallest absolute Gasteiger partial charge is 0.158 e. The van der Waals surface area contributed by atoms with Gasteiger partial charge in [0.2, 0.25) is 0 Å². The third kappa shape index (κ3) is 6.43. The summed E-state index contributed by atoms with van der Waals surface area (Å²) < 4.78 is 5.12. The van der Waals surface area contributed by atoms with Crippen molar-refractivity contribution in [2.75, 3.05) is 37.1 Å². The zero-order chi connectivity index (χ0) is 14.8. The van der Waals surface area contributed by atoms with E-state index >= 15 is 0 Å². The highest BCUT2D eigenvalue weighted by molar-refractivity contribution is 7.99. The molecule has 1 atom stereocenters. The third-order valence-electron chi connectivity index (χ3n) is 2.86. The summed E-state index contributed by atoms with van der Waals surface area (Å²) in [4.78, 5) is 8.89. The van der Waals surface area contributed by atoms with Crippen LogP contribution in [-0.2, 0) is 11.3 Å². The third-order valence-corrected chi connectivity index (χ3v) is 3.90. The fourth-order valence-electron chi connectivity index (χ4n) is 1.65. The first-order valence-electron chi connectivity index (χ1n) is 7.07. The minimum Gasteiger partial charge on any atom is -0.377 e. The lowest BCUT2D eigenvalue weighted by Crippen LogP contribution is -2.12. The highest BCUT2D eigenvalue weighted by atomic mass is 32.2. The first kappa shape index (κ1) is 17.0. The van der Waals surface area contributed by atoms with Crippen molar-refractivity contribution in [1.29, 1.82) is 0 Å². The van der Waals surface area contributed by atoms with Gasteiger partial charge in [0, 0.05) is 31.5 Å². The van der Waals surface area contributed by atoms with Gasteiger partial charge in [0.25, 0.3) is 0 Å². The Morgan fingerprint density at radius 3 is 2.45 bits per heavy atom. The maximum Gasteiger partial charge on any atom is 0.158 e. The van der Waals surface area contributed by atoms with E-state index in [1.807, 2.05) is 17.8 Å². The SMILES string of the molecule is CCCNc1cc(NCCC(C)SC)nc(COC)n1. The van der Waals surface area contributed by atoms with Crippen LogP contribution in [0.15, 0.2) is 6.07 Å². The van der Waals surface area contributed by atoms with Crippen LogP contribution in [0.1, 0.15) is 32.5 Å². The van der Waals surface area contributed by atoms with E-state index in [0.717, 1.165) is 37.6 Å². The lowest BCUT2D eigenvalue weighted by atomic mass is 10.3. The van der Waals surface area contributed by atoms with Gasteiger partial charge in [0.15, 0.2) is 5.82 Å². The summed E-state index contributed by atoms with van der Waals surface area (Å²) in [5, 5.41) is 7.31. The quantitative estimate of drug-likeness (QED) is 0.692. The standard InChI is InChI=1S/C14H26N4OS/c1-5-7-15-12-9-13(16-8-6-11(2)20-4)18-14(17-12)10-19-3/h9,11H,5-8,10H2,1-4H3,(H2,15,16,17,18). The molecule has 114 valence electrons. The van der Waals surface area contributed by atoms with Gasteiger partial charge in [-0.05, 0) is 19.1 Å². The number of hydrogen-bond donors (Lipinski definition) is 2. The van der Waals surface area contributed by atoms with Crippen LogP contribution in [0.5, 0.6) is 0 Å². The molecule has 0 saturated carbocycles. The first-order chi connectivity index (χ1) is 9.69. The summed E-state index contributed by atoms with van der Waals surface area (Å²) in [7, 11) is 1.66. The van der Waals surface area contributed by atoms with Crippen LogP contribution >= 0.6 is 11.8 Å². The molecule has 0 aromatic carbocycles. The van der Waals surface area contributed by atoms with Crippen molar-refractivity contribution < 1.29 is 4.74 Å². The Morgan fingerprint density at radius 1 is 1.25 bits per heavy atom. The van der Waals surface area contributed by atoms with E-state index in [9.17, 15) is 0 Å². The molecular formula is C14H26N4OS. The summed E-state index contributed by atoms with van der Waals surface area (Å²) in [6.45, 7) is 6.62. The zero-order valence-electron chi connectivity index (χ0n) is 12.9. The van der Waals surface area contributed by atoms with E-state index in [1.165, 1.54) is 0 Å². The van der Waals surface area contributed by atoms with Crippen LogP contribution in [-0.4, -0.2) is 41.7 Å². The number of hydrogen-bond acceptors (Lipinski definition) is 6. The van der Waals surface area contributed by atoms with Crippen LogP contribution in [0.4, 0.5) is 11.6 Å². The molecule has 1 rings (SSSR count). The second-order valence-corrected chi connectivity index (χ2v) is 5.95. The zero-order valence-corrected chi connectivity index (χ0v) is 13.7. The van der Waals surface area contributed by atoms with E-state index < -0.39 is 0 Å². The van der Waals surface area contributed by atoms with E-state index in [2.05, 4.69) is 40.7 Å². The van der Waals surface area contributed by atoms with E-state index in [-0.39, 0.29) is 0 Å². The fraction of sp³-hybridized carbons (Fsp3) is 0.714. The topological polar surface area (TPSA) is 59.1 Å². The second kappa shape index (κ2) is 9.83. The minimum absolute atomic E-state index is 0.428. The van der Waals surface area contributed by atoms with Gasteiger partial charge in [-0.3, -0.25) is 0 Å². The molecule has 1 aromatic rings. The fourth-order valence-corrected chi connectivity index (χ4v) is 2.00. The van der Waals surface area contributed by atoms with Gasteiger partial charge in [-0.25, -0.2) is 9.97 Å².